The number of carboxylic acid groups (broad SMARTS) is 1. The average molecular weight is 563 g/mol. The molecular formula is C26H29F3N6O3S. The Bertz CT molecular complexity index is 1520. The number of carbonyl (C=O) groups is 1. The van der Waals surface area contributed by atoms with Gasteiger partial charge in [0.05, 0.1) is 28.4 Å². The van der Waals surface area contributed by atoms with Crippen molar-refractivity contribution < 1.29 is 28.2 Å². The number of aromatic nitrogens is 3. The Morgan fingerprint density at radius 1 is 1.26 bits per heavy atom. The van der Waals surface area contributed by atoms with Crippen molar-refractivity contribution in [2.45, 2.75) is 50.9 Å². The SMILES string of the molecule is CC(C)c1nc2ccc(C(O)CNC3CCN(c4cc(C(F)(F)F)c5c(N)c(C(=O)O)sc5n4)CC3)cc2[nH]1. The number of aliphatic hydroxyl groups is 1. The molecule has 208 valence electrons. The van der Waals surface area contributed by atoms with Gasteiger partial charge in [-0.25, -0.2) is 14.8 Å². The third-order valence-electron chi connectivity index (χ3n) is 7.06. The third kappa shape index (κ3) is 5.38. The molecule has 1 unspecified atom stereocenters. The Morgan fingerprint density at radius 2 is 1.97 bits per heavy atom. The number of hydrogen-bond acceptors (Lipinski definition) is 8. The number of nitrogens with one attached hydrogen (secondary N) is 2. The molecule has 0 aliphatic carbocycles. The molecule has 1 aromatic carbocycles. The van der Waals surface area contributed by atoms with Gasteiger partial charge in [-0.1, -0.05) is 19.9 Å². The highest BCUT2D eigenvalue weighted by atomic mass is 32.1. The molecule has 0 amide bonds. The van der Waals surface area contributed by atoms with E-state index in [2.05, 4.69) is 34.1 Å². The molecule has 0 radical (unpaired) electrons. The van der Waals surface area contributed by atoms with Crippen LogP contribution in [0.2, 0.25) is 0 Å². The average Bonchev–Trinajstić information content (AvgIpc) is 3.47. The van der Waals surface area contributed by atoms with E-state index in [0.717, 1.165) is 28.5 Å². The molecule has 39 heavy (non-hydrogen) atoms. The minimum atomic E-state index is -4.72. The third-order valence-corrected chi connectivity index (χ3v) is 8.15. The van der Waals surface area contributed by atoms with Gasteiger partial charge in [-0.05, 0) is 36.6 Å². The number of carboxylic acids is 1. The number of aliphatic hydroxyl groups excluding tert-OH is 1. The summed E-state index contributed by atoms with van der Waals surface area (Å²) < 4.78 is 41.6. The van der Waals surface area contributed by atoms with Gasteiger partial charge in [0.2, 0.25) is 0 Å². The van der Waals surface area contributed by atoms with Gasteiger partial charge in [0.1, 0.15) is 21.3 Å². The van der Waals surface area contributed by atoms with E-state index in [4.69, 9.17) is 5.73 Å². The van der Waals surface area contributed by atoms with Crippen LogP contribution in [-0.2, 0) is 6.18 Å². The fourth-order valence-corrected chi connectivity index (χ4v) is 5.84. The van der Waals surface area contributed by atoms with E-state index in [1.807, 2.05) is 18.2 Å². The lowest BCUT2D eigenvalue weighted by molar-refractivity contribution is -0.136. The number of benzene rings is 1. The van der Waals surface area contributed by atoms with Crippen LogP contribution in [0.1, 0.15) is 65.3 Å². The predicted octanol–water partition coefficient (Wildman–Crippen LogP) is 4.89. The maximum Gasteiger partial charge on any atom is 0.417 e. The molecule has 0 spiro atoms. The number of pyridine rings is 1. The van der Waals surface area contributed by atoms with Crippen LogP contribution in [0.5, 0.6) is 0 Å². The van der Waals surface area contributed by atoms with Crippen molar-refractivity contribution in [3.8, 4) is 0 Å². The van der Waals surface area contributed by atoms with Gasteiger partial charge in [-0.3, -0.25) is 0 Å². The van der Waals surface area contributed by atoms with Gasteiger partial charge < -0.3 is 31.1 Å². The monoisotopic (exact) mass is 562 g/mol. The van der Waals surface area contributed by atoms with Crippen molar-refractivity contribution >= 4 is 50.1 Å². The number of thiophene rings is 1. The first-order valence-electron chi connectivity index (χ1n) is 12.6. The molecule has 3 aromatic heterocycles. The van der Waals surface area contributed by atoms with Gasteiger partial charge in [0.25, 0.3) is 0 Å². The number of anilines is 2. The van der Waals surface area contributed by atoms with Crippen molar-refractivity contribution in [1.82, 2.24) is 20.3 Å². The molecule has 4 aromatic rings. The zero-order chi connectivity index (χ0) is 28.1. The van der Waals surface area contributed by atoms with Crippen LogP contribution in [-0.4, -0.2) is 56.8 Å². The van der Waals surface area contributed by atoms with Crippen LogP contribution in [0.25, 0.3) is 21.3 Å². The van der Waals surface area contributed by atoms with E-state index >= 15 is 0 Å². The van der Waals surface area contributed by atoms with Crippen molar-refractivity contribution in [1.29, 1.82) is 0 Å². The van der Waals surface area contributed by atoms with Gasteiger partial charge in [-0.15, -0.1) is 11.3 Å². The lowest BCUT2D eigenvalue weighted by Gasteiger charge is -2.34. The van der Waals surface area contributed by atoms with E-state index in [1.54, 1.807) is 4.90 Å². The Balaban J connectivity index is 1.25. The number of halogens is 3. The largest absolute Gasteiger partial charge is 0.477 e. The van der Waals surface area contributed by atoms with E-state index in [0.29, 0.717) is 43.8 Å². The van der Waals surface area contributed by atoms with Crippen LogP contribution in [0.15, 0.2) is 24.3 Å². The molecule has 9 nitrogen and oxygen atoms in total. The van der Waals surface area contributed by atoms with Crippen molar-refractivity contribution in [3.05, 3.63) is 46.1 Å². The van der Waals surface area contributed by atoms with Gasteiger partial charge in [0.15, 0.2) is 0 Å². The Morgan fingerprint density at radius 3 is 2.62 bits per heavy atom. The summed E-state index contributed by atoms with van der Waals surface area (Å²) in [4.78, 5) is 25.0. The van der Waals surface area contributed by atoms with E-state index < -0.39 is 29.5 Å². The number of aromatic amines is 1. The zero-order valence-electron chi connectivity index (χ0n) is 21.3. The summed E-state index contributed by atoms with van der Waals surface area (Å²) in [5.74, 6) is -0.0901. The molecule has 13 heteroatoms. The molecule has 1 aliphatic heterocycles. The fourth-order valence-electron chi connectivity index (χ4n) is 4.89. The Kier molecular flexibility index (Phi) is 7.16. The van der Waals surface area contributed by atoms with E-state index in [1.165, 1.54) is 0 Å². The highest BCUT2D eigenvalue weighted by Gasteiger charge is 2.37. The number of fused-ring (bicyclic) bond motifs is 2. The summed E-state index contributed by atoms with van der Waals surface area (Å²) in [5, 5.41) is 23.1. The second kappa shape index (κ2) is 10.3. The number of nitrogen functional groups attached to an aromatic ring is 1. The summed E-state index contributed by atoms with van der Waals surface area (Å²) in [6.07, 6.45) is -4.17. The molecular weight excluding hydrogens is 533 g/mol. The molecule has 1 atom stereocenters. The second-order valence-electron chi connectivity index (χ2n) is 10.1. The maximum absolute atomic E-state index is 13.9. The predicted molar refractivity (Wildman–Crippen MR) is 144 cm³/mol. The highest BCUT2D eigenvalue weighted by molar-refractivity contribution is 7.21. The normalized spacial score (nSPS) is 16.0. The summed E-state index contributed by atoms with van der Waals surface area (Å²) in [6.45, 7) is 5.35. The van der Waals surface area contributed by atoms with Crippen molar-refractivity contribution in [3.63, 3.8) is 0 Å². The van der Waals surface area contributed by atoms with Gasteiger partial charge in [-0.2, -0.15) is 13.2 Å². The first-order chi connectivity index (χ1) is 18.4. The van der Waals surface area contributed by atoms with Crippen LogP contribution < -0.4 is 16.0 Å². The van der Waals surface area contributed by atoms with E-state index in [9.17, 15) is 28.2 Å². The zero-order valence-corrected chi connectivity index (χ0v) is 22.2. The minimum Gasteiger partial charge on any atom is -0.477 e. The number of imidazole rings is 1. The number of nitrogens with two attached hydrogens (primary N) is 1. The molecule has 1 saturated heterocycles. The number of piperidine rings is 1. The number of aromatic carboxylic acids is 1. The van der Waals surface area contributed by atoms with Crippen LogP contribution in [0, 0.1) is 0 Å². The molecule has 5 rings (SSSR count). The summed E-state index contributed by atoms with van der Waals surface area (Å²) in [5.41, 5.74) is 6.85. The molecule has 4 heterocycles. The maximum atomic E-state index is 13.9. The quantitative estimate of drug-likeness (QED) is 0.215. The lowest BCUT2D eigenvalue weighted by atomic mass is 10.0. The van der Waals surface area contributed by atoms with E-state index in [-0.39, 0.29) is 32.9 Å². The topological polar surface area (TPSA) is 140 Å². The van der Waals surface area contributed by atoms with Crippen LogP contribution in [0.3, 0.4) is 0 Å². The standard InChI is InChI=1S/C26H29F3N6O3S/c1-12(2)23-32-16-4-3-13(9-17(16)33-23)18(36)11-31-14-5-7-35(8-6-14)19-10-15(26(27,28)29)20-21(30)22(25(37)38)39-24(20)34-19/h3-4,9-10,12,14,18,31,36H,5-8,11,30H2,1-2H3,(H,32,33)(H,37,38). The Hall–Kier alpha value is -3.42. The lowest BCUT2D eigenvalue weighted by Crippen LogP contribution is -2.44. The molecule has 1 fully saturated rings. The molecule has 0 bridgehead atoms. The summed E-state index contributed by atoms with van der Waals surface area (Å²) >= 11 is 0.645. The summed E-state index contributed by atoms with van der Waals surface area (Å²) in [7, 11) is 0. The number of alkyl halides is 3. The summed E-state index contributed by atoms with van der Waals surface area (Å²) in [6, 6.07) is 6.66. The highest BCUT2D eigenvalue weighted by Crippen LogP contribution is 2.43. The fraction of sp³-hybridized carbons (Fsp3) is 0.423. The Labute approximate surface area is 225 Å². The molecule has 0 saturated carbocycles. The van der Waals surface area contributed by atoms with Gasteiger partial charge >= 0.3 is 12.1 Å². The first-order valence-corrected chi connectivity index (χ1v) is 13.4. The molecule has 6 N–H and O–H groups in total. The second-order valence-corrected chi connectivity index (χ2v) is 11.1. The molecule has 1 aliphatic rings. The number of nitrogens with zero attached hydrogens (tertiary/aromatic N) is 3. The number of hydrogen-bond donors (Lipinski definition) is 5. The van der Waals surface area contributed by atoms with Crippen molar-refractivity contribution in [2.24, 2.45) is 0 Å². The number of H-pyrrole nitrogens is 1. The van der Waals surface area contributed by atoms with Crippen molar-refractivity contribution in [2.75, 3.05) is 30.3 Å². The first kappa shape index (κ1) is 27.2. The van der Waals surface area contributed by atoms with Crippen LogP contribution >= 0.6 is 11.3 Å². The van der Waals surface area contributed by atoms with Crippen LogP contribution in [0.4, 0.5) is 24.7 Å². The smallest absolute Gasteiger partial charge is 0.417 e. The van der Waals surface area contributed by atoms with Gasteiger partial charge in [0, 0.05) is 37.0 Å². The minimum absolute atomic E-state index is 0.0483. The number of rotatable bonds is 7.